The van der Waals surface area contributed by atoms with Crippen LogP contribution < -0.4 is 4.74 Å². The number of esters is 1. The van der Waals surface area contributed by atoms with Gasteiger partial charge in [0.25, 0.3) is 0 Å². The molecule has 0 bridgehead atoms. The van der Waals surface area contributed by atoms with Crippen molar-refractivity contribution in [2.24, 2.45) is 0 Å². The quantitative estimate of drug-likeness (QED) is 0.371. The highest BCUT2D eigenvalue weighted by atomic mass is 16.5. The highest BCUT2D eigenvalue weighted by Gasteiger charge is 2.10. The van der Waals surface area contributed by atoms with Crippen LogP contribution in [0.4, 0.5) is 0 Å². The van der Waals surface area contributed by atoms with Gasteiger partial charge in [0.1, 0.15) is 5.75 Å². The van der Waals surface area contributed by atoms with Gasteiger partial charge in [-0.15, -0.1) is 0 Å². The maximum Gasteiger partial charge on any atom is 0.338 e. The average Bonchev–Trinajstić information content (AvgIpc) is 2.48. The summed E-state index contributed by atoms with van der Waals surface area (Å²) >= 11 is 0. The molecule has 0 radical (unpaired) electrons. The van der Waals surface area contributed by atoms with Crippen molar-refractivity contribution in [2.45, 2.75) is 13.8 Å². The van der Waals surface area contributed by atoms with Gasteiger partial charge < -0.3 is 4.74 Å². The first-order valence-corrected chi connectivity index (χ1v) is 6.56. The van der Waals surface area contributed by atoms with E-state index in [9.17, 15) is 9.59 Å². The second-order valence-electron chi connectivity index (χ2n) is 4.89. The molecule has 0 unspecified atom stereocenters. The zero-order chi connectivity index (χ0) is 15.4. The summed E-state index contributed by atoms with van der Waals surface area (Å²) < 4.78 is 5.08. The van der Waals surface area contributed by atoms with Crippen LogP contribution in [-0.4, -0.2) is 11.8 Å². The van der Waals surface area contributed by atoms with Crippen LogP contribution >= 0.6 is 0 Å². The molecule has 0 saturated carbocycles. The Kier molecular flexibility index (Phi) is 4.33. The highest BCUT2D eigenvalue weighted by Crippen LogP contribution is 2.16. The lowest BCUT2D eigenvalue weighted by Gasteiger charge is -2.05. The third kappa shape index (κ3) is 3.66. The lowest BCUT2D eigenvalue weighted by atomic mass is 10.0. The standard InChI is InChI=1S/C18H16O3/c1-12(2)18(20)21-16-10-8-15(9-11-16)17(19)14-6-4-13(3)5-7-14/h4-11H,1H2,2-3H3. The molecule has 3 heteroatoms. The number of carbonyl (C=O) groups is 2. The monoisotopic (exact) mass is 280 g/mol. The Morgan fingerprint density at radius 2 is 1.38 bits per heavy atom. The Morgan fingerprint density at radius 3 is 1.86 bits per heavy atom. The average molecular weight is 280 g/mol. The third-order valence-corrected chi connectivity index (χ3v) is 2.99. The first kappa shape index (κ1) is 14.7. The first-order chi connectivity index (χ1) is 9.97. The van der Waals surface area contributed by atoms with Crippen molar-refractivity contribution in [1.29, 1.82) is 0 Å². The van der Waals surface area contributed by atoms with Gasteiger partial charge >= 0.3 is 5.97 Å². The molecule has 0 N–H and O–H groups in total. The molecule has 0 aromatic heterocycles. The minimum atomic E-state index is -0.479. The number of ketones is 1. The molecule has 2 rings (SSSR count). The number of aryl methyl sites for hydroxylation is 1. The van der Waals surface area contributed by atoms with Crippen LogP contribution in [0.1, 0.15) is 28.4 Å². The summed E-state index contributed by atoms with van der Waals surface area (Å²) in [5.41, 5.74) is 2.62. The molecule has 2 aromatic rings. The van der Waals surface area contributed by atoms with E-state index in [-0.39, 0.29) is 5.78 Å². The van der Waals surface area contributed by atoms with E-state index in [1.54, 1.807) is 43.3 Å². The second-order valence-corrected chi connectivity index (χ2v) is 4.89. The first-order valence-electron chi connectivity index (χ1n) is 6.56. The van der Waals surface area contributed by atoms with Crippen LogP contribution in [0.5, 0.6) is 5.75 Å². The number of hydrogen-bond acceptors (Lipinski definition) is 3. The van der Waals surface area contributed by atoms with Gasteiger partial charge in [0.15, 0.2) is 5.78 Å². The normalized spacial score (nSPS) is 10.0. The van der Waals surface area contributed by atoms with Crippen molar-refractivity contribution in [2.75, 3.05) is 0 Å². The SMILES string of the molecule is C=C(C)C(=O)Oc1ccc(C(=O)c2ccc(C)cc2)cc1. The molecule has 0 spiro atoms. The van der Waals surface area contributed by atoms with Crippen molar-refractivity contribution < 1.29 is 14.3 Å². The Balaban J connectivity index is 2.15. The van der Waals surface area contributed by atoms with Crippen LogP contribution in [0.2, 0.25) is 0 Å². The molecule has 0 amide bonds. The third-order valence-electron chi connectivity index (χ3n) is 2.99. The van der Waals surface area contributed by atoms with E-state index in [4.69, 9.17) is 4.74 Å². The zero-order valence-electron chi connectivity index (χ0n) is 12.1. The Bertz CT molecular complexity index is 679. The fourth-order valence-electron chi connectivity index (χ4n) is 1.74. The van der Waals surface area contributed by atoms with Crippen LogP contribution in [0.15, 0.2) is 60.7 Å². The number of rotatable bonds is 4. The fourth-order valence-corrected chi connectivity index (χ4v) is 1.74. The van der Waals surface area contributed by atoms with E-state index in [2.05, 4.69) is 6.58 Å². The molecule has 0 aliphatic carbocycles. The van der Waals surface area contributed by atoms with Crippen molar-refractivity contribution in [3.63, 3.8) is 0 Å². The summed E-state index contributed by atoms with van der Waals surface area (Å²) in [4.78, 5) is 23.7. The minimum absolute atomic E-state index is 0.0622. The van der Waals surface area contributed by atoms with E-state index in [0.717, 1.165) is 5.56 Å². The summed E-state index contributed by atoms with van der Waals surface area (Å²) in [5.74, 6) is -0.149. The van der Waals surface area contributed by atoms with Gasteiger partial charge in [-0.2, -0.15) is 0 Å². The Hall–Kier alpha value is -2.68. The highest BCUT2D eigenvalue weighted by molar-refractivity contribution is 6.09. The molecular weight excluding hydrogens is 264 g/mol. The minimum Gasteiger partial charge on any atom is -0.423 e. The topological polar surface area (TPSA) is 43.4 Å². The molecule has 2 aromatic carbocycles. The fraction of sp³-hybridized carbons (Fsp3) is 0.111. The number of carbonyl (C=O) groups excluding carboxylic acids is 2. The lowest BCUT2D eigenvalue weighted by molar-refractivity contribution is -0.130. The van der Waals surface area contributed by atoms with Crippen molar-refractivity contribution >= 4 is 11.8 Å². The predicted molar refractivity (Wildman–Crippen MR) is 81.5 cm³/mol. The van der Waals surface area contributed by atoms with Gasteiger partial charge in [-0.3, -0.25) is 4.79 Å². The smallest absolute Gasteiger partial charge is 0.338 e. The molecule has 0 aliphatic rings. The molecule has 0 saturated heterocycles. The molecule has 0 aliphatic heterocycles. The van der Waals surface area contributed by atoms with Gasteiger partial charge in [-0.25, -0.2) is 4.79 Å². The molecule has 3 nitrogen and oxygen atoms in total. The molecule has 21 heavy (non-hydrogen) atoms. The summed E-state index contributed by atoms with van der Waals surface area (Å²) in [7, 11) is 0. The predicted octanol–water partition coefficient (Wildman–Crippen LogP) is 3.71. The number of ether oxygens (including phenoxy) is 1. The van der Waals surface area contributed by atoms with E-state index in [0.29, 0.717) is 22.4 Å². The lowest BCUT2D eigenvalue weighted by Crippen LogP contribution is -2.08. The Morgan fingerprint density at radius 1 is 0.905 bits per heavy atom. The van der Waals surface area contributed by atoms with Gasteiger partial charge in [0.05, 0.1) is 0 Å². The zero-order valence-corrected chi connectivity index (χ0v) is 12.1. The van der Waals surface area contributed by atoms with Gasteiger partial charge in [-0.1, -0.05) is 36.4 Å². The van der Waals surface area contributed by atoms with Crippen LogP contribution in [0.25, 0.3) is 0 Å². The van der Waals surface area contributed by atoms with E-state index in [1.807, 2.05) is 19.1 Å². The second kappa shape index (κ2) is 6.18. The summed E-state index contributed by atoms with van der Waals surface area (Å²) in [6.07, 6.45) is 0. The van der Waals surface area contributed by atoms with Crippen molar-refractivity contribution in [1.82, 2.24) is 0 Å². The number of hydrogen-bond donors (Lipinski definition) is 0. The molecule has 0 heterocycles. The summed E-state index contributed by atoms with van der Waals surface area (Å²) in [5, 5.41) is 0. The van der Waals surface area contributed by atoms with E-state index >= 15 is 0 Å². The summed E-state index contributed by atoms with van der Waals surface area (Å²) in [6.45, 7) is 7.07. The largest absolute Gasteiger partial charge is 0.423 e. The van der Waals surface area contributed by atoms with Crippen LogP contribution in [0, 0.1) is 6.92 Å². The molecule has 0 fully saturated rings. The summed E-state index contributed by atoms with van der Waals surface area (Å²) in [6, 6.07) is 13.9. The molecular formula is C18H16O3. The van der Waals surface area contributed by atoms with Gasteiger partial charge in [0, 0.05) is 16.7 Å². The Labute approximate surface area is 123 Å². The van der Waals surface area contributed by atoms with Gasteiger partial charge in [0.2, 0.25) is 0 Å². The van der Waals surface area contributed by atoms with Gasteiger partial charge in [-0.05, 0) is 38.1 Å². The van der Waals surface area contributed by atoms with Crippen molar-refractivity contribution in [3.05, 3.63) is 77.4 Å². The van der Waals surface area contributed by atoms with Crippen LogP contribution in [0.3, 0.4) is 0 Å². The number of benzene rings is 2. The van der Waals surface area contributed by atoms with Crippen molar-refractivity contribution in [3.8, 4) is 5.75 Å². The maximum atomic E-state index is 12.3. The van der Waals surface area contributed by atoms with Crippen LogP contribution in [-0.2, 0) is 4.79 Å². The molecule has 0 atom stereocenters. The van der Waals surface area contributed by atoms with E-state index in [1.165, 1.54) is 0 Å². The maximum absolute atomic E-state index is 12.3. The van der Waals surface area contributed by atoms with E-state index < -0.39 is 5.97 Å². The molecule has 106 valence electrons.